The van der Waals surface area contributed by atoms with Crippen molar-refractivity contribution in [3.05, 3.63) is 122 Å². The molecule has 50 heavy (non-hydrogen) atoms. The molecule has 2 bridgehead atoms. The Kier molecular flexibility index (Phi) is 10.7. The number of benzene rings is 3. The van der Waals surface area contributed by atoms with Crippen LogP contribution in [0, 0.1) is 16.9 Å². The number of carboxylic acids is 1. The molecule has 4 heterocycles. The van der Waals surface area contributed by atoms with E-state index in [9.17, 15) is 24.3 Å². The van der Waals surface area contributed by atoms with Gasteiger partial charge in [0.2, 0.25) is 0 Å². The minimum atomic E-state index is -1.18. The van der Waals surface area contributed by atoms with E-state index < -0.39 is 23.8 Å². The number of aromatic carboxylic acids is 1. The van der Waals surface area contributed by atoms with Crippen LogP contribution in [-0.4, -0.2) is 62.0 Å². The van der Waals surface area contributed by atoms with Gasteiger partial charge in [-0.1, -0.05) is 47.5 Å². The molecule has 3 fully saturated rings. The van der Waals surface area contributed by atoms with Gasteiger partial charge in [0.25, 0.3) is 0 Å². The van der Waals surface area contributed by atoms with E-state index in [1.807, 2.05) is 0 Å². The van der Waals surface area contributed by atoms with E-state index in [2.05, 4.69) is 4.90 Å². The second kappa shape index (κ2) is 15.1. The molecule has 2 atom stereocenters. The molecule has 0 saturated carbocycles. The van der Waals surface area contributed by atoms with Crippen LogP contribution in [-0.2, 0) is 17.7 Å². The van der Waals surface area contributed by atoms with Gasteiger partial charge in [0.05, 0.1) is 32.0 Å². The maximum atomic E-state index is 14.5. The van der Waals surface area contributed by atoms with Crippen LogP contribution in [0.4, 0.5) is 14.9 Å². The van der Waals surface area contributed by atoms with Crippen molar-refractivity contribution in [3.63, 3.8) is 0 Å². The Balaban J connectivity index is 1.43. The molecule has 4 aromatic rings. The third kappa shape index (κ3) is 7.60. The Bertz CT molecular complexity index is 1880. The number of fused-ring (bicyclic) bond motifs is 3. The van der Waals surface area contributed by atoms with E-state index in [0.717, 1.165) is 25.9 Å². The maximum absolute atomic E-state index is 14.5. The van der Waals surface area contributed by atoms with Crippen molar-refractivity contribution >= 4 is 41.0 Å². The molecule has 0 aliphatic carbocycles. The molecule has 3 saturated heterocycles. The van der Waals surface area contributed by atoms with Gasteiger partial charge in [-0.05, 0) is 91.4 Å². The smallest absolute Gasteiger partial charge is 0.414 e. The maximum Gasteiger partial charge on any atom is 0.414 e. The highest BCUT2D eigenvalue weighted by atomic mass is 35.5. The van der Waals surface area contributed by atoms with Crippen LogP contribution in [0.3, 0.4) is 0 Å². The zero-order valence-electron chi connectivity index (χ0n) is 27.5. The SMILES string of the molecule is COc1ccc([C@H](Cc2c(Cl)c[n+]([O-])cc2Cl)c2cc(CN(C(=O)O[C@H]3CN4CCC3CC4)c3cccc(F)c3)ccc2C(=O)O)cc1OC. The molecular formula is C37H36Cl2FN3O7. The van der Waals surface area contributed by atoms with Crippen LogP contribution < -0.4 is 19.1 Å². The summed E-state index contributed by atoms with van der Waals surface area (Å²) in [4.78, 5) is 30.2. The molecule has 0 radical (unpaired) electrons. The summed E-state index contributed by atoms with van der Waals surface area (Å²) in [5, 5.41) is 22.7. The zero-order valence-corrected chi connectivity index (χ0v) is 29.0. The molecule has 10 nitrogen and oxygen atoms in total. The molecule has 262 valence electrons. The van der Waals surface area contributed by atoms with E-state index in [-0.39, 0.29) is 40.6 Å². The van der Waals surface area contributed by atoms with Crippen LogP contribution in [0.5, 0.6) is 11.5 Å². The first kappa shape index (κ1) is 35.3. The second-order valence-corrected chi connectivity index (χ2v) is 13.3. The number of anilines is 1. The molecule has 0 unspecified atom stereocenters. The van der Waals surface area contributed by atoms with Crippen LogP contribution in [0.2, 0.25) is 10.0 Å². The van der Waals surface area contributed by atoms with E-state index in [0.29, 0.717) is 50.7 Å². The van der Waals surface area contributed by atoms with Crippen LogP contribution in [0.1, 0.15) is 51.4 Å². The molecule has 3 aliphatic rings. The van der Waals surface area contributed by atoms with Gasteiger partial charge >= 0.3 is 12.1 Å². The van der Waals surface area contributed by atoms with E-state index >= 15 is 0 Å². The summed E-state index contributed by atoms with van der Waals surface area (Å²) in [6.45, 7) is 2.55. The summed E-state index contributed by atoms with van der Waals surface area (Å²) in [5.41, 5.74) is 2.33. The summed E-state index contributed by atoms with van der Waals surface area (Å²) in [6.07, 6.45) is 3.45. The number of amides is 1. The van der Waals surface area contributed by atoms with E-state index in [1.54, 1.807) is 36.4 Å². The normalized spacial score (nSPS) is 18.7. The predicted octanol–water partition coefficient (Wildman–Crippen LogP) is 7.09. The van der Waals surface area contributed by atoms with Gasteiger partial charge in [0.15, 0.2) is 23.9 Å². The van der Waals surface area contributed by atoms with Gasteiger partial charge in [0, 0.05) is 18.0 Å². The molecule has 3 aromatic carbocycles. The first-order valence-electron chi connectivity index (χ1n) is 16.2. The van der Waals surface area contributed by atoms with Crippen LogP contribution in [0.15, 0.2) is 73.1 Å². The van der Waals surface area contributed by atoms with Crippen molar-refractivity contribution in [2.75, 3.05) is 38.8 Å². The summed E-state index contributed by atoms with van der Waals surface area (Å²) < 4.78 is 32.1. The fourth-order valence-corrected chi connectivity index (χ4v) is 7.52. The number of methoxy groups -OCH3 is 2. The molecule has 0 spiro atoms. The number of hydrogen-bond donors (Lipinski definition) is 1. The zero-order chi connectivity index (χ0) is 35.5. The Hall–Kier alpha value is -4.58. The largest absolute Gasteiger partial charge is 0.619 e. The first-order valence-corrected chi connectivity index (χ1v) is 16.9. The van der Waals surface area contributed by atoms with Gasteiger partial charge in [-0.15, -0.1) is 0 Å². The van der Waals surface area contributed by atoms with Crippen molar-refractivity contribution in [2.45, 2.75) is 37.8 Å². The molecular weight excluding hydrogens is 688 g/mol. The fourth-order valence-electron chi connectivity index (χ4n) is 6.93. The number of carbonyl (C=O) groups is 2. The topological polar surface area (TPSA) is 115 Å². The van der Waals surface area contributed by atoms with Gasteiger partial charge in [-0.3, -0.25) is 9.80 Å². The van der Waals surface area contributed by atoms with Crippen molar-refractivity contribution in [1.29, 1.82) is 0 Å². The first-order chi connectivity index (χ1) is 24.0. The number of carbonyl (C=O) groups excluding carboxylic acids is 1. The molecule has 1 aromatic heterocycles. The molecule has 1 N–H and O–H groups in total. The third-order valence-electron chi connectivity index (χ3n) is 9.53. The number of pyridine rings is 1. The van der Waals surface area contributed by atoms with Gasteiger partial charge < -0.3 is 24.5 Å². The average Bonchev–Trinajstić information content (AvgIpc) is 3.10. The summed E-state index contributed by atoms with van der Waals surface area (Å²) in [5.74, 6) is -1.23. The third-order valence-corrected chi connectivity index (χ3v) is 10.2. The lowest BCUT2D eigenvalue weighted by molar-refractivity contribution is -0.605. The monoisotopic (exact) mass is 723 g/mol. The minimum absolute atomic E-state index is 0.00256. The molecule has 7 rings (SSSR count). The van der Waals surface area contributed by atoms with Crippen molar-refractivity contribution < 1.29 is 38.0 Å². The van der Waals surface area contributed by atoms with Gasteiger partial charge in [-0.2, -0.15) is 4.73 Å². The summed E-state index contributed by atoms with van der Waals surface area (Å²) in [6, 6.07) is 15.7. The Morgan fingerprint density at radius 1 is 1.02 bits per heavy atom. The predicted molar refractivity (Wildman–Crippen MR) is 186 cm³/mol. The van der Waals surface area contributed by atoms with Crippen molar-refractivity contribution in [1.82, 2.24) is 4.90 Å². The van der Waals surface area contributed by atoms with Crippen LogP contribution in [0.25, 0.3) is 0 Å². The lowest BCUT2D eigenvalue weighted by Crippen LogP contribution is -2.53. The number of nitrogens with zero attached hydrogens (tertiary/aromatic N) is 3. The highest BCUT2D eigenvalue weighted by molar-refractivity contribution is 6.35. The summed E-state index contributed by atoms with van der Waals surface area (Å²) >= 11 is 13.0. The highest BCUT2D eigenvalue weighted by Gasteiger charge is 2.37. The van der Waals surface area contributed by atoms with Crippen molar-refractivity contribution in [2.24, 2.45) is 5.92 Å². The minimum Gasteiger partial charge on any atom is -0.619 e. The molecule has 1 amide bonds. The number of rotatable bonds is 11. The van der Waals surface area contributed by atoms with E-state index in [1.165, 1.54) is 55.8 Å². The number of halogens is 3. The quantitative estimate of drug-likeness (QED) is 0.129. The Morgan fingerprint density at radius 2 is 1.74 bits per heavy atom. The number of carboxylic acid groups (broad SMARTS) is 1. The highest BCUT2D eigenvalue weighted by Crippen LogP contribution is 2.39. The lowest BCUT2D eigenvalue weighted by atomic mass is 9.82. The van der Waals surface area contributed by atoms with Crippen molar-refractivity contribution in [3.8, 4) is 11.5 Å². The Morgan fingerprint density at radius 3 is 2.36 bits per heavy atom. The lowest BCUT2D eigenvalue weighted by Gasteiger charge is -2.44. The van der Waals surface area contributed by atoms with E-state index in [4.69, 9.17) is 37.4 Å². The number of hydrogen-bond acceptors (Lipinski definition) is 7. The number of aromatic nitrogens is 1. The van der Waals surface area contributed by atoms with Gasteiger partial charge in [-0.25, -0.2) is 14.0 Å². The fraction of sp³-hybridized carbons (Fsp3) is 0.324. The van der Waals surface area contributed by atoms with Crippen LogP contribution >= 0.6 is 23.2 Å². The Labute approximate surface area is 299 Å². The average molecular weight is 725 g/mol. The second-order valence-electron chi connectivity index (χ2n) is 12.5. The number of piperidine rings is 3. The molecule has 3 aliphatic heterocycles. The number of ether oxygens (including phenoxy) is 3. The van der Waals surface area contributed by atoms with Gasteiger partial charge in [0.1, 0.15) is 22.0 Å². The standard InChI is InChI=1S/C37H36Cl2FN3O7/c1-48-33-9-7-24(15-34(33)49-2)28(17-30-31(38)19-42(47)20-32(30)39)29-14-22(6-8-27(29)36(44)45)18-43(26-5-3-4-25(40)16-26)37(46)50-35-21-41-12-10-23(35)11-13-41/h3-9,14-16,19-20,23,28,35H,10-13,17-18,21H2,1-2H3,(H,44,45)/t28-,35-/m0/s1. The summed E-state index contributed by atoms with van der Waals surface area (Å²) in [7, 11) is 3.00. The molecule has 13 heteroatoms.